The van der Waals surface area contributed by atoms with Crippen molar-refractivity contribution in [3.05, 3.63) is 20.2 Å². The van der Waals surface area contributed by atoms with Gasteiger partial charge in [0.05, 0.1) is 0 Å². The lowest BCUT2D eigenvalue weighted by Crippen LogP contribution is -2.54. The molecule has 0 heterocycles. The van der Waals surface area contributed by atoms with Gasteiger partial charge in [-0.2, -0.15) is 0 Å². The minimum atomic E-state index is -3.72. The molecule has 0 rings (SSSR count). The van der Waals surface area contributed by atoms with E-state index in [9.17, 15) is 29.8 Å². The maximum Gasteiger partial charge on any atom is 0.562 e. The lowest BCUT2D eigenvalue weighted by atomic mass is 10.1. The molecular weight excluding hydrogens is 204 g/mol. The second-order valence-electron chi connectivity index (χ2n) is 2.21. The molecule has 0 amide bonds. The van der Waals surface area contributed by atoms with Gasteiger partial charge in [-0.05, 0) is 0 Å². The molecule has 0 atom stereocenters. The molecule has 0 aromatic heterocycles. The third-order valence-corrected chi connectivity index (χ3v) is 1.34. The molecule has 0 aromatic carbocycles. The van der Waals surface area contributed by atoms with Gasteiger partial charge in [0.15, 0.2) is 6.42 Å². The van der Waals surface area contributed by atoms with Crippen molar-refractivity contribution in [1.29, 1.82) is 0 Å². The molecular formula is C4H4N2O8. The number of nitrogens with zero attached hydrogens (tertiary/aromatic N) is 2. The average molecular weight is 208 g/mol. The average Bonchev–Trinajstić information content (AvgIpc) is 1.97. The number of hydrogen-bond acceptors (Lipinski definition) is 6. The van der Waals surface area contributed by atoms with Crippen LogP contribution < -0.4 is 0 Å². The van der Waals surface area contributed by atoms with E-state index in [2.05, 4.69) is 0 Å². The summed E-state index contributed by atoms with van der Waals surface area (Å²) in [6.07, 6.45) is -1.72. The molecule has 0 aliphatic rings. The van der Waals surface area contributed by atoms with Crippen molar-refractivity contribution in [2.75, 3.05) is 0 Å². The van der Waals surface area contributed by atoms with Gasteiger partial charge in [-0.15, -0.1) is 0 Å². The highest BCUT2D eigenvalue weighted by Gasteiger charge is 2.66. The van der Waals surface area contributed by atoms with Crippen LogP contribution in [0.3, 0.4) is 0 Å². The smallest absolute Gasteiger partial charge is 0.481 e. The number of rotatable bonds is 5. The third-order valence-electron chi connectivity index (χ3n) is 1.34. The molecule has 0 aromatic rings. The monoisotopic (exact) mass is 208 g/mol. The quantitative estimate of drug-likeness (QED) is 0.323. The Kier molecular flexibility index (Phi) is 3.05. The van der Waals surface area contributed by atoms with Crippen molar-refractivity contribution in [3.63, 3.8) is 0 Å². The summed E-state index contributed by atoms with van der Waals surface area (Å²) < 4.78 is 0. The van der Waals surface area contributed by atoms with Crippen LogP contribution in [0.5, 0.6) is 0 Å². The van der Waals surface area contributed by atoms with Crippen LogP contribution in [0.25, 0.3) is 0 Å². The molecule has 78 valence electrons. The molecule has 0 bridgehead atoms. The second kappa shape index (κ2) is 3.64. The standard InChI is InChI=1S/C4H4N2O8/c7-2(8)1-4(3(9)10,5(11)12)6(13)14/h1H2,(H,7,8)(H,9,10). The molecule has 0 aliphatic carbocycles. The van der Waals surface area contributed by atoms with E-state index in [0.717, 1.165) is 0 Å². The summed E-state index contributed by atoms with van der Waals surface area (Å²) in [4.78, 5) is 37.2. The number of nitro groups is 2. The normalized spacial score (nSPS) is 10.6. The van der Waals surface area contributed by atoms with E-state index in [0.29, 0.717) is 0 Å². The topological polar surface area (TPSA) is 161 Å². The van der Waals surface area contributed by atoms with E-state index in [1.54, 1.807) is 0 Å². The Morgan fingerprint density at radius 2 is 1.50 bits per heavy atom. The lowest BCUT2D eigenvalue weighted by Gasteiger charge is -2.09. The summed E-state index contributed by atoms with van der Waals surface area (Å²) in [6.45, 7) is 0. The van der Waals surface area contributed by atoms with E-state index in [-0.39, 0.29) is 0 Å². The van der Waals surface area contributed by atoms with Gasteiger partial charge in [0.2, 0.25) is 0 Å². The van der Waals surface area contributed by atoms with Crippen molar-refractivity contribution < 1.29 is 29.6 Å². The minimum absolute atomic E-state index is 1.72. The fraction of sp³-hybridized carbons (Fsp3) is 0.500. The lowest BCUT2D eigenvalue weighted by molar-refractivity contribution is -0.776. The molecule has 0 unspecified atom stereocenters. The Labute approximate surface area is 75.1 Å². The van der Waals surface area contributed by atoms with Gasteiger partial charge in [0.25, 0.3) is 0 Å². The summed E-state index contributed by atoms with van der Waals surface area (Å²) in [5.74, 6) is -4.37. The van der Waals surface area contributed by atoms with Gasteiger partial charge in [0.1, 0.15) is 9.85 Å². The molecule has 0 spiro atoms. The third kappa shape index (κ3) is 1.73. The number of carboxylic acids is 2. The largest absolute Gasteiger partial charge is 0.562 e. The van der Waals surface area contributed by atoms with Gasteiger partial charge in [0, 0.05) is 0 Å². The first-order valence-corrected chi connectivity index (χ1v) is 2.99. The Morgan fingerprint density at radius 1 is 1.14 bits per heavy atom. The molecule has 0 saturated heterocycles. The van der Waals surface area contributed by atoms with Gasteiger partial charge in [-0.25, -0.2) is 4.79 Å². The van der Waals surface area contributed by atoms with Crippen LogP contribution in [0.15, 0.2) is 0 Å². The van der Waals surface area contributed by atoms with Crippen molar-refractivity contribution in [3.8, 4) is 0 Å². The number of carboxylic acid groups (broad SMARTS) is 2. The molecule has 0 aliphatic heterocycles. The summed E-state index contributed by atoms with van der Waals surface area (Å²) >= 11 is 0. The number of hydrogen-bond donors (Lipinski definition) is 2. The van der Waals surface area contributed by atoms with Gasteiger partial charge in [-0.1, -0.05) is 0 Å². The van der Waals surface area contributed by atoms with Crippen LogP contribution in [-0.2, 0) is 9.59 Å². The van der Waals surface area contributed by atoms with E-state index < -0.39 is 33.9 Å². The van der Waals surface area contributed by atoms with Crippen LogP contribution >= 0.6 is 0 Å². The fourth-order valence-corrected chi connectivity index (χ4v) is 0.638. The second-order valence-corrected chi connectivity index (χ2v) is 2.21. The van der Waals surface area contributed by atoms with Crippen LogP contribution in [-0.4, -0.2) is 37.7 Å². The summed E-state index contributed by atoms with van der Waals surface area (Å²) in [5, 5.41) is 36.7. The van der Waals surface area contributed by atoms with E-state index >= 15 is 0 Å². The molecule has 0 fully saturated rings. The highest BCUT2D eigenvalue weighted by Crippen LogP contribution is 2.16. The van der Waals surface area contributed by atoms with Crippen LogP contribution in [0.4, 0.5) is 0 Å². The maximum atomic E-state index is 10.3. The first-order chi connectivity index (χ1) is 6.25. The minimum Gasteiger partial charge on any atom is -0.481 e. The van der Waals surface area contributed by atoms with Crippen molar-refractivity contribution >= 4 is 11.9 Å². The SMILES string of the molecule is O=C(O)CC(C(=O)O)([N+](=O)[O-])[N+](=O)[O-]. The summed E-state index contributed by atoms with van der Waals surface area (Å²) in [5.41, 5.74) is -3.72. The Balaban J connectivity index is 5.38. The van der Waals surface area contributed by atoms with Crippen LogP contribution in [0, 0.1) is 20.2 Å². The highest BCUT2D eigenvalue weighted by atomic mass is 16.7. The van der Waals surface area contributed by atoms with Gasteiger partial charge < -0.3 is 10.2 Å². The van der Waals surface area contributed by atoms with Crippen molar-refractivity contribution in [2.45, 2.75) is 12.1 Å². The van der Waals surface area contributed by atoms with E-state index in [1.807, 2.05) is 0 Å². The number of aliphatic carboxylic acids is 2. The zero-order valence-electron chi connectivity index (χ0n) is 6.45. The first kappa shape index (κ1) is 11.7. The maximum absolute atomic E-state index is 10.3. The van der Waals surface area contributed by atoms with Gasteiger partial charge in [-0.3, -0.25) is 25.0 Å². The predicted molar refractivity (Wildman–Crippen MR) is 36.6 cm³/mol. The Bertz CT molecular complexity index is 272. The van der Waals surface area contributed by atoms with Crippen LogP contribution in [0.2, 0.25) is 0 Å². The fourth-order valence-electron chi connectivity index (χ4n) is 0.638. The zero-order chi connectivity index (χ0) is 11.5. The molecule has 14 heavy (non-hydrogen) atoms. The molecule has 0 radical (unpaired) electrons. The van der Waals surface area contributed by atoms with Crippen LogP contribution in [0.1, 0.15) is 6.42 Å². The summed E-state index contributed by atoms with van der Waals surface area (Å²) in [6, 6.07) is 0. The summed E-state index contributed by atoms with van der Waals surface area (Å²) in [7, 11) is 0. The Hall–Kier alpha value is -2.26. The van der Waals surface area contributed by atoms with Crippen molar-refractivity contribution in [1.82, 2.24) is 0 Å². The Morgan fingerprint density at radius 3 is 1.57 bits per heavy atom. The molecule has 10 heteroatoms. The zero-order valence-corrected chi connectivity index (χ0v) is 6.45. The number of carbonyl (C=O) groups is 2. The molecule has 0 saturated carbocycles. The predicted octanol–water partition coefficient (Wildman–Crippen LogP) is -1.20. The highest BCUT2D eigenvalue weighted by molar-refractivity contribution is 5.81. The first-order valence-electron chi connectivity index (χ1n) is 2.99. The molecule has 2 N–H and O–H groups in total. The van der Waals surface area contributed by atoms with Crippen molar-refractivity contribution in [2.24, 2.45) is 0 Å². The van der Waals surface area contributed by atoms with E-state index in [4.69, 9.17) is 10.2 Å². The van der Waals surface area contributed by atoms with Gasteiger partial charge >= 0.3 is 17.6 Å². The van der Waals surface area contributed by atoms with E-state index in [1.165, 1.54) is 0 Å². The molecule has 10 nitrogen and oxygen atoms in total.